The van der Waals surface area contributed by atoms with Crippen LogP contribution in [-0.2, 0) is 9.53 Å². The predicted octanol–water partition coefficient (Wildman–Crippen LogP) is 2.75. The van der Waals surface area contributed by atoms with Crippen molar-refractivity contribution in [3.8, 4) is 17.2 Å². The number of hydrogen-bond acceptors (Lipinski definition) is 7. The summed E-state index contributed by atoms with van der Waals surface area (Å²) in [6.07, 6.45) is -4.86. The van der Waals surface area contributed by atoms with Crippen molar-refractivity contribution in [2.75, 3.05) is 59.2 Å². The molecule has 11 heteroatoms. The molecule has 0 saturated carbocycles. The molecule has 1 heterocycles. The van der Waals surface area contributed by atoms with Crippen molar-refractivity contribution < 1.29 is 41.7 Å². The van der Waals surface area contributed by atoms with Gasteiger partial charge >= 0.3 is 18.1 Å². The topological polar surface area (TPSA) is 77.5 Å². The third-order valence-electron chi connectivity index (χ3n) is 4.69. The highest BCUT2D eigenvalue weighted by Gasteiger charge is 2.43. The Morgan fingerprint density at radius 1 is 0.906 bits per heavy atom. The van der Waals surface area contributed by atoms with Gasteiger partial charge in [-0.2, -0.15) is 13.2 Å². The average Bonchev–Trinajstić information content (AvgIpc) is 2.75. The lowest BCUT2D eigenvalue weighted by Crippen LogP contribution is -2.52. The average molecular weight is 462 g/mol. The summed E-state index contributed by atoms with van der Waals surface area (Å²) in [6, 6.07) is 3.06. The molecule has 1 aliphatic rings. The molecule has 1 fully saturated rings. The molecule has 0 spiro atoms. The number of nitrogens with zero attached hydrogens (tertiary/aromatic N) is 2. The van der Waals surface area contributed by atoms with E-state index in [4.69, 9.17) is 18.9 Å². The second kappa shape index (κ2) is 11.8. The number of hydrogen-bond donors (Lipinski definition) is 0. The molecule has 0 unspecified atom stereocenters. The predicted molar refractivity (Wildman–Crippen MR) is 109 cm³/mol. The van der Waals surface area contributed by atoms with Gasteiger partial charge in [0.25, 0.3) is 0 Å². The normalized spacial score (nSPS) is 14.8. The van der Waals surface area contributed by atoms with Crippen LogP contribution in [0.1, 0.15) is 31.1 Å². The van der Waals surface area contributed by atoms with Gasteiger partial charge in [0.15, 0.2) is 11.5 Å². The number of alkyl halides is 3. The van der Waals surface area contributed by atoms with Crippen LogP contribution in [-0.4, -0.2) is 87.0 Å². The fourth-order valence-electron chi connectivity index (χ4n) is 3.21. The molecule has 1 saturated heterocycles. The van der Waals surface area contributed by atoms with Crippen LogP contribution in [0.3, 0.4) is 0 Å². The molecule has 0 atom stereocenters. The highest BCUT2D eigenvalue weighted by molar-refractivity contribution is 5.91. The van der Waals surface area contributed by atoms with Crippen molar-refractivity contribution in [2.45, 2.75) is 26.9 Å². The number of piperazine rings is 1. The van der Waals surface area contributed by atoms with Crippen LogP contribution < -0.4 is 14.2 Å². The summed E-state index contributed by atoms with van der Waals surface area (Å²) in [5.74, 6) is -1.25. The molecule has 180 valence electrons. The molecule has 0 radical (unpaired) electrons. The van der Waals surface area contributed by atoms with Crippen LogP contribution in [0.2, 0.25) is 0 Å². The van der Waals surface area contributed by atoms with Gasteiger partial charge in [0.1, 0.15) is 6.61 Å². The Balaban J connectivity index is 1.93. The Labute approximate surface area is 185 Å². The van der Waals surface area contributed by atoms with Crippen LogP contribution in [0, 0.1) is 0 Å². The first-order chi connectivity index (χ1) is 15.2. The van der Waals surface area contributed by atoms with Crippen molar-refractivity contribution in [3.05, 3.63) is 17.7 Å². The lowest BCUT2D eigenvalue weighted by Gasteiger charge is -2.34. The van der Waals surface area contributed by atoms with Crippen LogP contribution in [0.15, 0.2) is 12.1 Å². The fourth-order valence-corrected chi connectivity index (χ4v) is 3.21. The summed E-state index contributed by atoms with van der Waals surface area (Å²) in [5.41, 5.74) is 0.237. The van der Waals surface area contributed by atoms with Gasteiger partial charge < -0.3 is 23.8 Å². The maximum absolute atomic E-state index is 12.5. The van der Waals surface area contributed by atoms with Gasteiger partial charge in [0, 0.05) is 32.7 Å². The first-order valence-electron chi connectivity index (χ1n) is 10.5. The van der Waals surface area contributed by atoms with E-state index < -0.39 is 18.1 Å². The van der Waals surface area contributed by atoms with Crippen LogP contribution in [0.25, 0.3) is 0 Å². The van der Waals surface area contributed by atoms with E-state index in [-0.39, 0.29) is 38.3 Å². The summed E-state index contributed by atoms with van der Waals surface area (Å²) >= 11 is 0. The molecule has 1 amide bonds. The SMILES string of the molecule is CCOc1cc(C(=O)OCCN2CCN(C(=O)C(F)(F)F)CC2)cc(OCC)c1OCC. The smallest absolute Gasteiger partial charge is 0.471 e. The molecular weight excluding hydrogens is 433 g/mol. The van der Waals surface area contributed by atoms with Crippen LogP contribution >= 0.6 is 0 Å². The third-order valence-corrected chi connectivity index (χ3v) is 4.69. The monoisotopic (exact) mass is 462 g/mol. The van der Waals surface area contributed by atoms with E-state index >= 15 is 0 Å². The number of ether oxygens (including phenoxy) is 4. The standard InChI is InChI=1S/C21H29F3N2O6/c1-4-29-16-13-15(14-17(30-5-2)18(16)31-6-3)19(27)32-12-11-25-7-9-26(10-8-25)20(28)21(22,23)24/h13-14H,4-12H2,1-3H3. The number of carbonyl (C=O) groups is 2. The molecule has 1 aromatic rings. The van der Waals surface area contributed by atoms with Gasteiger partial charge in [-0.3, -0.25) is 9.69 Å². The summed E-state index contributed by atoms with van der Waals surface area (Å²) < 4.78 is 59.7. The lowest BCUT2D eigenvalue weighted by atomic mass is 10.2. The Bertz CT molecular complexity index is 752. The maximum Gasteiger partial charge on any atom is 0.471 e. The van der Waals surface area contributed by atoms with Crippen molar-refractivity contribution in [2.24, 2.45) is 0 Å². The summed E-state index contributed by atoms with van der Waals surface area (Å²) in [7, 11) is 0. The first kappa shape index (κ1) is 25.6. The molecule has 2 rings (SSSR count). The first-order valence-corrected chi connectivity index (χ1v) is 10.5. The zero-order valence-corrected chi connectivity index (χ0v) is 18.5. The summed E-state index contributed by atoms with van der Waals surface area (Å²) in [6.45, 7) is 7.45. The quantitative estimate of drug-likeness (QED) is 0.495. The van der Waals surface area contributed by atoms with Gasteiger partial charge in [-0.25, -0.2) is 4.79 Å². The van der Waals surface area contributed by atoms with E-state index in [1.54, 1.807) is 0 Å². The largest absolute Gasteiger partial charge is 0.490 e. The highest BCUT2D eigenvalue weighted by atomic mass is 19.4. The van der Waals surface area contributed by atoms with E-state index in [0.717, 1.165) is 4.90 Å². The molecule has 0 aromatic heterocycles. The van der Waals surface area contributed by atoms with Gasteiger partial charge in [0.05, 0.1) is 25.4 Å². The summed E-state index contributed by atoms with van der Waals surface area (Å²) in [5, 5.41) is 0. The second-order valence-electron chi connectivity index (χ2n) is 6.87. The Hall–Kier alpha value is -2.69. The third kappa shape index (κ3) is 6.91. The van der Waals surface area contributed by atoms with Gasteiger partial charge in [0.2, 0.25) is 5.75 Å². The van der Waals surface area contributed by atoms with Crippen molar-refractivity contribution in [1.29, 1.82) is 0 Å². The zero-order valence-electron chi connectivity index (χ0n) is 18.5. The van der Waals surface area contributed by atoms with Crippen LogP contribution in [0.4, 0.5) is 13.2 Å². The van der Waals surface area contributed by atoms with E-state index in [1.807, 2.05) is 25.7 Å². The number of carbonyl (C=O) groups excluding carboxylic acids is 2. The second-order valence-corrected chi connectivity index (χ2v) is 6.87. The molecule has 8 nitrogen and oxygen atoms in total. The molecule has 0 bridgehead atoms. The van der Waals surface area contributed by atoms with Gasteiger partial charge in [-0.05, 0) is 32.9 Å². The van der Waals surface area contributed by atoms with Crippen molar-refractivity contribution in [3.63, 3.8) is 0 Å². The Kier molecular flexibility index (Phi) is 9.42. The Morgan fingerprint density at radius 2 is 1.44 bits per heavy atom. The molecule has 1 aromatic carbocycles. The lowest BCUT2D eigenvalue weighted by molar-refractivity contribution is -0.187. The molecule has 32 heavy (non-hydrogen) atoms. The molecule has 0 N–H and O–H groups in total. The minimum atomic E-state index is -4.86. The van der Waals surface area contributed by atoms with E-state index in [0.29, 0.717) is 43.6 Å². The minimum absolute atomic E-state index is 0.0272. The zero-order chi connectivity index (χ0) is 23.7. The van der Waals surface area contributed by atoms with Crippen LogP contribution in [0.5, 0.6) is 17.2 Å². The van der Waals surface area contributed by atoms with E-state index in [9.17, 15) is 22.8 Å². The number of benzene rings is 1. The number of amides is 1. The number of halogens is 3. The van der Waals surface area contributed by atoms with Crippen molar-refractivity contribution >= 4 is 11.9 Å². The fraction of sp³-hybridized carbons (Fsp3) is 0.619. The highest BCUT2D eigenvalue weighted by Crippen LogP contribution is 2.39. The molecule has 1 aliphatic heterocycles. The van der Waals surface area contributed by atoms with Crippen molar-refractivity contribution in [1.82, 2.24) is 9.80 Å². The van der Waals surface area contributed by atoms with E-state index in [2.05, 4.69) is 0 Å². The molecule has 0 aliphatic carbocycles. The minimum Gasteiger partial charge on any atom is -0.490 e. The summed E-state index contributed by atoms with van der Waals surface area (Å²) in [4.78, 5) is 26.5. The van der Waals surface area contributed by atoms with Gasteiger partial charge in [-0.1, -0.05) is 0 Å². The number of esters is 1. The number of rotatable bonds is 10. The van der Waals surface area contributed by atoms with Gasteiger partial charge in [-0.15, -0.1) is 0 Å². The maximum atomic E-state index is 12.5. The van der Waals surface area contributed by atoms with E-state index in [1.165, 1.54) is 12.1 Å². The Morgan fingerprint density at radius 3 is 1.91 bits per heavy atom. The molecular formula is C21H29F3N2O6.